The van der Waals surface area contributed by atoms with Crippen molar-refractivity contribution in [3.63, 3.8) is 0 Å². The smallest absolute Gasteiger partial charge is 0.163 e. The van der Waals surface area contributed by atoms with Crippen LogP contribution >= 0.6 is 31.9 Å². The van der Waals surface area contributed by atoms with E-state index in [1.807, 2.05) is 30.3 Å². The highest BCUT2D eigenvalue weighted by Crippen LogP contribution is 2.22. The number of para-hydroxylation sites is 1. The average molecular weight is 329 g/mol. The molecular weight excluding hydrogens is 322 g/mol. The van der Waals surface area contributed by atoms with E-state index in [9.17, 15) is 0 Å². The first-order chi connectivity index (χ1) is 7.25. The first-order valence-corrected chi connectivity index (χ1v) is 5.84. The van der Waals surface area contributed by atoms with Crippen LogP contribution in [0.2, 0.25) is 0 Å². The van der Waals surface area contributed by atoms with Crippen LogP contribution in [0.5, 0.6) is 0 Å². The fraction of sp³-hybridized carbons (Fsp3) is 0. The fourth-order valence-corrected chi connectivity index (χ4v) is 2.00. The minimum absolute atomic E-state index is 0.681. The Kier molecular flexibility index (Phi) is 3.33. The lowest BCUT2D eigenvalue weighted by molar-refractivity contribution is 1.13. The quantitative estimate of drug-likeness (QED) is 0.912. The summed E-state index contributed by atoms with van der Waals surface area (Å²) in [4.78, 5) is 8.38. The third-order valence-corrected chi connectivity index (χ3v) is 2.67. The van der Waals surface area contributed by atoms with Crippen LogP contribution in [0.15, 0.2) is 45.7 Å². The van der Waals surface area contributed by atoms with Gasteiger partial charge in [0.05, 0.1) is 6.20 Å². The van der Waals surface area contributed by atoms with E-state index < -0.39 is 0 Å². The number of hydrogen-bond donors (Lipinski definition) is 1. The van der Waals surface area contributed by atoms with E-state index in [1.165, 1.54) is 0 Å². The number of rotatable bonds is 2. The van der Waals surface area contributed by atoms with Gasteiger partial charge in [-0.1, -0.05) is 18.2 Å². The Labute approximate surface area is 104 Å². The molecule has 2 aromatic rings. The highest BCUT2D eigenvalue weighted by Gasteiger charge is 2.03. The van der Waals surface area contributed by atoms with Gasteiger partial charge in [0.1, 0.15) is 9.21 Å². The molecule has 0 fully saturated rings. The van der Waals surface area contributed by atoms with E-state index in [2.05, 4.69) is 47.1 Å². The molecule has 1 aromatic carbocycles. The summed E-state index contributed by atoms with van der Waals surface area (Å²) in [6.07, 6.45) is 1.65. The second-order valence-corrected chi connectivity index (χ2v) is 4.39. The summed E-state index contributed by atoms with van der Waals surface area (Å²) in [5.74, 6) is 0.699. The molecule has 0 saturated heterocycles. The summed E-state index contributed by atoms with van der Waals surface area (Å²) in [7, 11) is 0. The van der Waals surface area contributed by atoms with Crippen LogP contribution in [0.4, 0.5) is 11.5 Å². The molecule has 76 valence electrons. The standard InChI is InChI=1S/C10H7Br2N3/c11-8-6-13-10(9(12)15-8)14-7-4-2-1-3-5-7/h1-6H,(H,13,14). The van der Waals surface area contributed by atoms with Crippen molar-refractivity contribution in [2.75, 3.05) is 5.32 Å². The van der Waals surface area contributed by atoms with Crippen molar-refractivity contribution < 1.29 is 0 Å². The number of aromatic nitrogens is 2. The molecule has 2 rings (SSSR count). The van der Waals surface area contributed by atoms with Crippen LogP contribution in [0.1, 0.15) is 0 Å². The number of anilines is 2. The molecule has 0 bridgehead atoms. The summed E-state index contributed by atoms with van der Waals surface area (Å²) < 4.78 is 1.38. The molecule has 0 aliphatic carbocycles. The molecule has 1 aromatic heterocycles. The van der Waals surface area contributed by atoms with Gasteiger partial charge in [0.25, 0.3) is 0 Å². The number of nitrogens with zero attached hydrogens (tertiary/aromatic N) is 2. The van der Waals surface area contributed by atoms with Crippen LogP contribution in [-0.2, 0) is 0 Å². The zero-order valence-electron chi connectivity index (χ0n) is 7.61. The highest BCUT2D eigenvalue weighted by atomic mass is 79.9. The lowest BCUT2D eigenvalue weighted by Gasteiger charge is -2.06. The topological polar surface area (TPSA) is 37.8 Å². The maximum Gasteiger partial charge on any atom is 0.163 e. The van der Waals surface area contributed by atoms with E-state index >= 15 is 0 Å². The third kappa shape index (κ3) is 2.76. The predicted molar refractivity (Wildman–Crippen MR) is 67.2 cm³/mol. The molecule has 5 heteroatoms. The van der Waals surface area contributed by atoms with Gasteiger partial charge in [-0.15, -0.1) is 0 Å². The molecule has 15 heavy (non-hydrogen) atoms. The van der Waals surface area contributed by atoms with Gasteiger partial charge in [0.2, 0.25) is 0 Å². The molecule has 1 heterocycles. The van der Waals surface area contributed by atoms with Crippen LogP contribution in [0.25, 0.3) is 0 Å². The van der Waals surface area contributed by atoms with Crippen molar-refractivity contribution in [2.24, 2.45) is 0 Å². The van der Waals surface area contributed by atoms with Crippen LogP contribution in [0.3, 0.4) is 0 Å². The van der Waals surface area contributed by atoms with E-state index in [-0.39, 0.29) is 0 Å². The molecule has 0 amide bonds. The largest absolute Gasteiger partial charge is 0.338 e. The molecule has 0 aliphatic heterocycles. The number of nitrogens with one attached hydrogen (secondary N) is 1. The average Bonchev–Trinajstić information content (AvgIpc) is 2.24. The van der Waals surface area contributed by atoms with Gasteiger partial charge in [0.15, 0.2) is 5.82 Å². The number of halogens is 2. The molecule has 0 radical (unpaired) electrons. The molecule has 0 atom stereocenters. The first-order valence-electron chi connectivity index (χ1n) is 4.26. The van der Waals surface area contributed by atoms with Crippen molar-refractivity contribution in [3.05, 3.63) is 45.7 Å². The normalized spacial score (nSPS) is 10.0. The molecule has 0 saturated carbocycles. The van der Waals surface area contributed by atoms with Crippen molar-refractivity contribution in [3.8, 4) is 0 Å². The maximum atomic E-state index is 4.21. The van der Waals surface area contributed by atoms with Gasteiger partial charge in [0, 0.05) is 5.69 Å². The molecule has 1 N–H and O–H groups in total. The zero-order valence-corrected chi connectivity index (χ0v) is 10.8. The summed E-state index contributed by atoms with van der Waals surface area (Å²) in [5.41, 5.74) is 0.981. The van der Waals surface area contributed by atoms with Crippen molar-refractivity contribution in [1.29, 1.82) is 0 Å². The van der Waals surface area contributed by atoms with E-state index in [1.54, 1.807) is 6.20 Å². The highest BCUT2D eigenvalue weighted by molar-refractivity contribution is 9.11. The number of hydrogen-bond acceptors (Lipinski definition) is 3. The van der Waals surface area contributed by atoms with Gasteiger partial charge >= 0.3 is 0 Å². The van der Waals surface area contributed by atoms with Crippen molar-refractivity contribution in [2.45, 2.75) is 0 Å². The van der Waals surface area contributed by atoms with E-state index in [0.29, 0.717) is 15.0 Å². The minimum atomic E-state index is 0.681. The molecule has 0 unspecified atom stereocenters. The Morgan fingerprint density at radius 1 is 1.07 bits per heavy atom. The van der Waals surface area contributed by atoms with Crippen molar-refractivity contribution in [1.82, 2.24) is 9.97 Å². The molecular formula is C10H7Br2N3. The van der Waals surface area contributed by atoms with E-state index in [4.69, 9.17) is 0 Å². The maximum absolute atomic E-state index is 4.21. The third-order valence-electron chi connectivity index (χ3n) is 1.74. The summed E-state index contributed by atoms with van der Waals surface area (Å²) in [6.45, 7) is 0. The van der Waals surface area contributed by atoms with Gasteiger partial charge in [-0.05, 0) is 44.0 Å². The Morgan fingerprint density at radius 2 is 1.80 bits per heavy atom. The van der Waals surface area contributed by atoms with Crippen LogP contribution in [-0.4, -0.2) is 9.97 Å². The Morgan fingerprint density at radius 3 is 2.47 bits per heavy atom. The summed E-state index contributed by atoms with van der Waals surface area (Å²) in [6, 6.07) is 9.82. The zero-order chi connectivity index (χ0) is 10.7. The molecule has 0 aliphatic rings. The lowest BCUT2D eigenvalue weighted by atomic mass is 10.3. The van der Waals surface area contributed by atoms with Gasteiger partial charge in [-0.3, -0.25) is 0 Å². The van der Waals surface area contributed by atoms with Gasteiger partial charge < -0.3 is 5.32 Å². The predicted octanol–water partition coefficient (Wildman–Crippen LogP) is 3.75. The second-order valence-electron chi connectivity index (χ2n) is 2.82. The molecule has 0 spiro atoms. The van der Waals surface area contributed by atoms with Gasteiger partial charge in [-0.25, -0.2) is 9.97 Å². The summed E-state index contributed by atoms with van der Waals surface area (Å²) >= 11 is 6.59. The Balaban J connectivity index is 2.25. The Hall–Kier alpha value is -0.940. The minimum Gasteiger partial charge on any atom is -0.338 e. The SMILES string of the molecule is Brc1cnc(Nc2ccccc2)c(Br)n1. The monoisotopic (exact) mass is 327 g/mol. The van der Waals surface area contributed by atoms with Crippen LogP contribution < -0.4 is 5.32 Å². The molecule has 3 nitrogen and oxygen atoms in total. The van der Waals surface area contributed by atoms with Gasteiger partial charge in [-0.2, -0.15) is 0 Å². The summed E-state index contributed by atoms with van der Waals surface area (Å²) in [5, 5.41) is 3.16. The Bertz CT molecular complexity index is 459. The van der Waals surface area contributed by atoms with E-state index in [0.717, 1.165) is 5.69 Å². The van der Waals surface area contributed by atoms with Crippen molar-refractivity contribution >= 4 is 43.4 Å². The number of benzene rings is 1. The lowest BCUT2D eigenvalue weighted by Crippen LogP contribution is -1.96. The van der Waals surface area contributed by atoms with Crippen LogP contribution in [0, 0.1) is 0 Å². The first kappa shape index (κ1) is 10.6. The fourth-order valence-electron chi connectivity index (χ4n) is 1.09. The second kappa shape index (κ2) is 4.72.